The van der Waals surface area contributed by atoms with E-state index in [-0.39, 0.29) is 15.6 Å². The van der Waals surface area contributed by atoms with E-state index in [1.165, 1.54) is 0 Å². The zero-order chi connectivity index (χ0) is 21.3. The van der Waals surface area contributed by atoms with E-state index >= 15 is 0 Å². The molecule has 2 aromatic carbocycles. The standard InChI is InChI=1S/C23H17Cl2N3O2/c1-13-9-10-15(12-26-13)30-20-11-14(2)27-22-16(20)5-3-8-19(22)28-23(29)21-17(24)6-4-7-18(21)25/h3-12H,1-2H3,(H,28,29). The first-order valence-electron chi connectivity index (χ1n) is 9.18. The summed E-state index contributed by atoms with van der Waals surface area (Å²) in [5, 5.41) is 4.18. The number of para-hydroxylation sites is 1. The maximum Gasteiger partial charge on any atom is 0.258 e. The molecule has 5 nitrogen and oxygen atoms in total. The summed E-state index contributed by atoms with van der Waals surface area (Å²) in [4.78, 5) is 21.7. The lowest BCUT2D eigenvalue weighted by Gasteiger charge is -2.14. The Morgan fingerprint density at radius 2 is 1.70 bits per heavy atom. The third-order valence-electron chi connectivity index (χ3n) is 4.48. The van der Waals surface area contributed by atoms with Gasteiger partial charge >= 0.3 is 0 Å². The van der Waals surface area contributed by atoms with Crippen molar-refractivity contribution in [2.24, 2.45) is 0 Å². The Morgan fingerprint density at radius 3 is 2.40 bits per heavy atom. The highest BCUT2D eigenvalue weighted by Crippen LogP contribution is 2.34. The first kappa shape index (κ1) is 20.1. The summed E-state index contributed by atoms with van der Waals surface area (Å²) in [7, 11) is 0. The van der Waals surface area contributed by atoms with E-state index < -0.39 is 5.91 Å². The number of hydrogen-bond acceptors (Lipinski definition) is 4. The van der Waals surface area contributed by atoms with E-state index in [0.29, 0.717) is 22.7 Å². The van der Waals surface area contributed by atoms with Crippen molar-refractivity contribution in [3.8, 4) is 11.5 Å². The summed E-state index contributed by atoms with van der Waals surface area (Å²) >= 11 is 12.3. The van der Waals surface area contributed by atoms with Gasteiger partial charge in [0.1, 0.15) is 11.5 Å². The summed E-state index contributed by atoms with van der Waals surface area (Å²) in [5.41, 5.74) is 3.00. The third kappa shape index (κ3) is 4.08. The Balaban J connectivity index is 1.74. The van der Waals surface area contributed by atoms with Crippen LogP contribution in [0.25, 0.3) is 10.9 Å². The quantitative estimate of drug-likeness (QED) is 0.390. The van der Waals surface area contributed by atoms with Gasteiger partial charge in [-0.1, -0.05) is 35.3 Å². The first-order valence-corrected chi connectivity index (χ1v) is 9.94. The topological polar surface area (TPSA) is 64.1 Å². The van der Waals surface area contributed by atoms with Crippen LogP contribution < -0.4 is 10.1 Å². The lowest BCUT2D eigenvalue weighted by atomic mass is 10.1. The van der Waals surface area contributed by atoms with Gasteiger partial charge < -0.3 is 10.1 Å². The maximum atomic E-state index is 12.8. The monoisotopic (exact) mass is 437 g/mol. The van der Waals surface area contributed by atoms with Crippen LogP contribution in [0, 0.1) is 13.8 Å². The summed E-state index contributed by atoms with van der Waals surface area (Å²) in [6.07, 6.45) is 1.67. The Labute approximate surface area is 183 Å². The number of benzene rings is 2. The zero-order valence-corrected chi connectivity index (χ0v) is 17.8. The Kier molecular flexibility index (Phi) is 5.57. The number of carbonyl (C=O) groups excluding carboxylic acids is 1. The predicted molar refractivity (Wildman–Crippen MR) is 120 cm³/mol. The van der Waals surface area contributed by atoms with Crippen molar-refractivity contribution >= 4 is 45.7 Å². The third-order valence-corrected chi connectivity index (χ3v) is 5.11. The molecule has 1 N–H and O–H groups in total. The second-order valence-electron chi connectivity index (χ2n) is 6.75. The second kappa shape index (κ2) is 8.30. The molecule has 0 bridgehead atoms. The number of rotatable bonds is 4. The van der Waals surface area contributed by atoms with Crippen LogP contribution in [0.2, 0.25) is 10.0 Å². The van der Waals surface area contributed by atoms with Gasteiger partial charge in [0.15, 0.2) is 0 Å². The number of anilines is 1. The molecule has 0 spiro atoms. The van der Waals surface area contributed by atoms with Crippen LogP contribution in [0.1, 0.15) is 21.7 Å². The summed E-state index contributed by atoms with van der Waals surface area (Å²) in [6.45, 7) is 3.78. The summed E-state index contributed by atoms with van der Waals surface area (Å²) < 4.78 is 6.05. The van der Waals surface area contributed by atoms with Crippen molar-refractivity contribution in [3.63, 3.8) is 0 Å². The number of amides is 1. The van der Waals surface area contributed by atoms with Crippen LogP contribution in [0.5, 0.6) is 11.5 Å². The van der Waals surface area contributed by atoms with Crippen LogP contribution in [0.15, 0.2) is 60.8 Å². The molecule has 0 radical (unpaired) electrons. The minimum absolute atomic E-state index is 0.215. The molecule has 0 saturated carbocycles. The van der Waals surface area contributed by atoms with E-state index in [2.05, 4.69) is 15.3 Å². The zero-order valence-electron chi connectivity index (χ0n) is 16.2. The fraction of sp³-hybridized carbons (Fsp3) is 0.0870. The highest BCUT2D eigenvalue weighted by Gasteiger charge is 2.17. The first-order chi connectivity index (χ1) is 14.4. The average molecular weight is 438 g/mol. The average Bonchev–Trinajstić information content (AvgIpc) is 2.70. The van der Waals surface area contributed by atoms with Crippen LogP contribution in [-0.4, -0.2) is 15.9 Å². The number of ether oxygens (including phenoxy) is 1. The van der Waals surface area contributed by atoms with Gasteiger partial charge in [0, 0.05) is 22.8 Å². The Hall–Kier alpha value is -3.15. The van der Waals surface area contributed by atoms with Gasteiger partial charge in [0.25, 0.3) is 5.91 Å². The predicted octanol–water partition coefficient (Wildman–Crippen LogP) is 6.60. The van der Waals surface area contributed by atoms with E-state index in [4.69, 9.17) is 27.9 Å². The highest BCUT2D eigenvalue weighted by atomic mass is 35.5. The number of hydrogen-bond donors (Lipinski definition) is 1. The van der Waals surface area contributed by atoms with Crippen molar-refractivity contribution in [3.05, 3.63) is 87.8 Å². The van der Waals surface area contributed by atoms with Gasteiger partial charge in [-0.2, -0.15) is 0 Å². The molecule has 0 fully saturated rings. The summed E-state index contributed by atoms with van der Waals surface area (Å²) in [6, 6.07) is 16.0. The number of aromatic nitrogens is 2. The van der Waals surface area contributed by atoms with Crippen LogP contribution >= 0.6 is 23.2 Å². The molecule has 4 rings (SSSR count). The second-order valence-corrected chi connectivity index (χ2v) is 7.57. The van der Waals surface area contributed by atoms with Gasteiger partial charge in [-0.05, 0) is 50.2 Å². The van der Waals surface area contributed by atoms with Crippen molar-refractivity contribution < 1.29 is 9.53 Å². The number of fused-ring (bicyclic) bond motifs is 1. The van der Waals surface area contributed by atoms with Crippen LogP contribution in [-0.2, 0) is 0 Å². The fourth-order valence-corrected chi connectivity index (χ4v) is 3.63. The van der Waals surface area contributed by atoms with Gasteiger partial charge in [0.05, 0.1) is 33.0 Å². The molecule has 2 heterocycles. The molecule has 2 aromatic heterocycles. The van der Waals surface area contributed by atoms with Crippen molar-refractivity contribution in [2.75, 3.05) is 5.32 Å². The molecule has 1 amide bonds. The number of carbonyl (C=O) groups is 1. The molecule has 7 heteroatoms. The Morgan fingerprint density at radius 1 is 0.967 bits per heavy atom. The van der Waals surface area contributed by atoms with Gasteiger partial charge in [-0.3, -0.25) is 14.8 Å². The highest BCUT2D eigenvalue weighted by molar-refractivity contribution is 6.40. The molecule has 150 valence electrons. The molecule has 30 heavy (non-hydrogen) atoms. The van der Waals surface area contributed by atoms with Crippen LogP contribution in [0.4, 0.5) is 5.69 Å². The largest absolute Gasteiger partial charge is 0.455 e. The molecule has 0 aliphatic heterocycles. The van der Waals surface area contributed by atoms with Crippen molar-refractivity contribution in [1.82, 2.24) is 9.97 Å². The van der Waals surface area contributed by atoms with Crippen molar-refractivity contribution in [1.29, 1.82) is 0 Å². The van der Waals surface area contributed by atoms with E-state index in [9.17, 15) is 4.79 Å². The molecule has 0 unspecified atom stereocenters. The smallest absolute Gasteiger partial charge is 0.258 e. The van der Waals surface area contributed by atoms with Gasteiger partial charge in [-0.15, -0.1) is 0 Å². The number of pyridine rings is 2. The number of nitrogens with zero attached hydrogens (tertiary/aromatic N) is 2. The molecule has 4 aromatic rings. The van der Waals surface area contributed by atoms with Crippen LogP contribution in [0.3, 0.4) is 0 Å². The molecule has 0 aliphatic rings. The van der Waals surface area contributed by atoms with Crippen molar-refractivity contribution in [2.45, 2.75) is 13.8 Å². The summed E-state index contributed by atoms with van der Waals surface area (Å²) in [5.74, 6) is 0.825. The molecule has 0 saturated heterocycles. The number of aryl methyl sites for hydroxylation is 2. The lowest BCUT2D eigenvalue weighted by Crippen LogP contribution is -2.13. The fourth-order valence-electron chi connectivity index (χ4n) is 3.07. The molecule has 0 atom stereocenters. The number of halogens is 2. The van der Waals surface area contributed by atoms with E-state index in [1.807, 2.05) is 44.2 Å². The molecular formula is C23H17Cl2N3O2. The lowest BCUT2D eigenvalue weighted by molar-refractivity contribution is 0.102. The SMILES string of the molecule is Cc1ccc(Oc2cc(C)nc3c(NC(=O)c4c(Cl)cccc4Cl)cccc23)cn1. The molecule has 0 aliphatic carbocycles. The van der Waals surface area contributed by atoms with E-state index in [0.717, 1.165) is 16.8 Å². The molecular weight excluding hydrogens is 421 g/mol. The van der Waals surface area contributed by atoms with E-state index in [1.54, 1.807) is 30.5 Å². The van der Waals surface area contributed by atoms with Gasteiger partial charge in [0.2, 0.25) is 0 Å². The normalized spacial score (nSPS) is 10.8. The maximum absolute atomic E-state index is 12.8. The minimum Gasteiger partial charge on any atom is -0.455 e. The number of nitrogens with one attached hydrogen (secondary N) is 1. The Bertz CT molecular complexity index is 1240. The minimum atomic E-state index is -0.411. The van der Waals surface area contributed by atoms with Gasteiger partial charge in [-0.25, -0.2) is 0 Å².